The monoisotopic (exact) mass is 154 g/mol. The van der Waals surface area contributed by atoms with E-state index in [1.54, 1.807) is 18.5 Å². The molecule has 0 bridgehead atoms. The van der Waals surface area contributed by atoms with Gasteiger partial charge in [0, 0.05) is 0 Å². The third kappa shape index (κ3) is 0.733. The van der Waals surface area contributed by atoms with Gasteiger partial charge in [-0.1, -0.05) is 0 Å². The van der Waals surface area contributed by atoms with Gasteiger partial charge in [0.05, 0.1) is 12.4 Å². The molecule has 2 aromatic rings. The number of fused-ring (bicyclic) bond motifs is 1. The van der Waals surface area contributed by atoms with Gasteiger partial charge in [0.25, 0.3) is 0 Å². The zero-order valence-corrected chi connectivity index (χ0v) is 5.65. The summed E-state index contributed by atoms with van der Waals surface area (Å²) in [7, 11) is 0. The number of rotatable bonds is 0. The van der Waals surface area contributed by atoms with Gasteiger partial charge in [-0.05, 0) is 17.7 Å². The lowest BCUT2D eigenvalue weighted by atomic mass is 10.6. The van der Waals surface area contributed by atoms with Crippen molar-refractivity contribution in [2.45, 2.75) is 0 Å². The summed E-state index contributed by atoms with van der Waals surface area (Å²) in [5, 5.41) is 7.86. The van der Waals surface area contributed by atoms with Crippen LogP contribution in [0.3, 0.4) is 0 Å². The molecular weight excluding hydrogens is 152 g/mol. The van der Waals surface area contributed by atoms with Gasteiger partial charge >= 0.3 is 0 Å². The smallest absolute Gasteiger partial charge is 0.223 e. The van der Waals surface area contributed by atoms with Crippen LogP contribution in [0.5, 0.6) is 0 Å². The Kier molecular flexibility index (Phi) is 1.07. The number of nitrogens with zero attached hydrogens (tertiary/aromatic N) is 4. The summed E-state index contributed by atoms with van der Waals surface area (Å²) in [6, 6.07) is 1.80. The van der Waals surface area contributed by atoms with E-state index in [0.29, 0.717) is 0 Å². The Morgan fingerprint density at radius 3 is 3.30 bits per heavy atom. The highest BCUT2D eigenvalue weighted by Crippen LogP contribution is 2.00. The third-order valence-corrected chi connectivity index (χ3v) is 1.31. The first-order chi connectivity index (χ1) is 4.86. The molecule has 0 saturated heterocycles. The van der Waals surface area contributed by atoms with Crippen LogP contribution in [0, 0.1) is 0 Å². The van der Waals surface area contributed by atoms with Crippen molar-refractivity contribution in [3.8, 4) is 0 Å². The van der Waals surface area contributed by atoms with E-state index < -0.39 is 0 Å². The molecule has 0 spiro atoms. The van der Waals surface area contributed by atoms with Crippen molar-refractivity contribution < 1.29 is 0 Å². The maximum Gasteiger partial charge on any atom is 0.242 e. The van der Waals surface area contributed by atoms with Crippen LogP contribution in [-0.4, -0.2) is 19.8 Å². The van der Waals surface area contributed by atoms with Crippen LogP contribution in [0.25, 0.3) is 5.52 Å². The summed E-state index contributed by atoms with van der Waals surface area (Å²) in [6.07, 6.45) is 3.25. The van der Waals surface area contributed by atoms with E-state index >= 15 is 0 Å². The zero-order valence-electron chi connectivity index (χ0n) is 4.90. The van der Waals surface area contributed by atoms with Crippen molar-refractivity contribution in [3.63, 3.8) is 0 Å². The second-order valence-electron chi connectivity index (χ2n) is 1.77. The van der Waals surface area contributed by atoms with Crippen LogP contribution < -0.4 is 0 Å². The Labute approximate surface area is 61.4 Å². The highest BCUT2D eigenvalue weighted by Gasteiger charge is 1.94. The predicted molar refractivity (Wildman–Crippen MR) is 35.8 cm³/mol. The molecule has 4 nitrogen and oxygen atoms in total. The van der Waals surface area contributed by atoms with Crippen LogP contribution in [0.2, 0.25) is 5.28 Å². The fourth-order valence-corrected chi connectivity index (χ4v) is 0.828. The molecule has 0 aliphatic heterocycles. The summed E-state index contributed by atoms with van der Waals surface area (Å²) in [6.45, 7) is 0. The molecule has 10 heavy (non-hydrogen) atoms. The molecule has 0 aromatic carbocycles. The molecule has 0 saturated carbocycles. The van der Waals surface area contributed by atoms with E-state index in [2.05, 4.69) is 15.2 Å². The zero-order chi connectivity index (χ0) is 6.97. The van der Waals surface area contributed by atoms with Gasteiger partial charge < -0.3 is 0 Å². The Bertz CT molecular complexity index is 355. The second-order valence-corrected chi connectivity index (χ2v) is 2.11. The van der Waals surface area contributed by atoms with Crippen LogP contribution in [-0.2, 0) is 0 Å². The van der Waals surface area contributed by atoms with Crippen molar-refractivity contribution >= 4 is 17.1 Å². The molecule has 0 amide bonds. The van der Waals surface area contributed by atoms with E-state index in [1.165, 1.54) is 4.63 Å². The molecular formula is C5H3ClN4. The molecule has 2 heterocycles. The molecule has 50 valence electrons. The van der Waals surface area contributed by atoms with E-state index in [4.69, 9.17) is 11.6 Å². The molecule has 0 N–H and O–H groups in total. The van der Waals surface area contributed by atoms with Crippen molar-refractivity contribution in [1.82, 2.24) is 19.8 Å². The van der Waals surface area contributed by atoms with E-state index in [0.717, 1.165) is 5.52 Å². The van der Waals surface area contributed by atoms with Crippen molar-refractivity contribution in [1.29, 1.82) is 0 Å². The fraction of sp³-hybridized carbons (Fsp3) is 0. The van der Waals surface area contributed by atoms with Crippen LogP contribution in [0.1, 0.15) is 0 Å². The van der Waals surface area contributed by atoms with Gasteiger partial charge in [-0.3, -0.25) is 0 Å². The molecule has 2 aromatic heterocycles. The topological polar surface area (TPSA) is 43.1 Å². The minimum Gasteiger partial charge on any atom is -0.223 e. The molecule has 0 aliphatic rings. The summed E-state index contributed by atoms with van der Waals surface area (Å²) < 4.78 is 1.43. The summed E-state index contributed by atoms with van der Waals surface area (Å²) >= 11 is 5.49. The Balaban J connectivity index is 2.86. The maximum atomic E-state index is 5.49. The molecule has 0 radical (unpaired) electrons. The first-order valence-electron chi connectivity index (χ1n) is 2.69. The molecule has 0 aliphatic carbocycles. The average molecular weight is 155 g/mol. The van der Waals surface area contributed by atoms with Crippen molar-refractivity contribution in [2.24, 2.45) is 0 Å². The lowest BCUT2D eigenvalue weighted by Crippen LogP contribution is -1.94. The SMILES string of the molecule is Clc1ncc2ccnn2n1. The van der Waals surface area contributed by atoms with Crippen LogP contribution >= 0.6 is 11.6 Å². The standard InChI is InChI=1S/C5H3ClN4/c6-5-7-3-4-1-2-8-10(4)9-5/h1-3H. The number of hydrogen-bond acceptors (Lipinski definition) is 3. The van der Waals surface area contributed by atoms with Gasteiger partial charge in [0.2, 0.25) is 5.28 Å². The Morgan fingerprint density at radius 2 is 2.40 bits per heavy atom. The van der Waals surface area contributed by atoms with Gasteiger partial charge in [-0.25, -0.2) is 4.98 Å². The summed E-state index contributed by atoms with van der Waals surface area (Å²) in [5.41, 5.74) is 0.837. The van der Waals surface area contributed by atoms with Crippen molar-refractivity contribution in [3.05, 3.63) is 23.7 Å². The van der Waals surface area contributed by atoms with E-state index in [9.17, 15) is 0 Å². The number of aromatic nitrogens is 4. The molecule has 0 fully saturated rings. The van der Waals surface area contributed by atoms with Crippen molar-refractivity contribution in [2.75, 3.05) is 0 Å². The van der Waals surface area contributed by atoms with E-state index in [-0.39, 0.29) is 5.28 Å². The minimum atomic E-state index is 0.205. The largest absolute Gasteiger partial charge is 0.242 e. The number of halogens is 1. The Hall–Kier alpha value is -1.16. The van der Waals surface area contributed by atoms with Gasteiger partial charge in [-0.2, -0.15) is 5.10 Å². The van der Waals surface area contributed by atoms with Gasteiger partial charge in [0.15, 0.2) is 0 Å². The number of hydrogen-bond donors (Lipinski definition) is 0. The first kappa shape index (κ1) is 5.61. The van der Waals surface area contributed by atoms with Crippen LogP contribution in [0.4, 0.5) is 0 Å². The Morgan fingerprint density at radius 1 is 1.50 bits per heavy atom. The summed E-state index contributed by atoms with van der Waals surface area (Å²) in [5.74, 6) is 0. The third-order valence-electron chi connectivity index (χ3n) is 1.13. The highest BCUT2D eigenvalue weighted by atomic mass is 35.5. The van der Waals surface area contributed by atoms with Crippen LogP contribution in [0.15, 0.2) is 18.5 Å². The maximum absolute atomic E-state index is 5.49. The van der Waals surface area contributed by atoms with Gasteiger partial charge in [0.1, 0.15) is 5.52 Å². The predicted octanol–water partition coefficient (Wildman–Crippen LogP) is 0.778. The van der Waals surface area contributed by atoms with Gasteiger partial charge in [-0.15, -0.1) is 9.73 Å². The lowest BCUT2D eigenvalue weighted by molar-refractivity contribution is 0.782. The molecule has 0 unspecified atom stereocenters. The molecule has 0 atom stereocenters. The quantitative estimate of drug-likeness (QED) is 0.563. The first-order valence-corrected chi connectivity index (χ1v) is 3.06. The fourth-order valence-electron chi connectivity index (χ4n) is 0.708. The second kappa shape index (κ2) is 1.91. The normalized spacial score (nSPS) is 10.5. The summed E-state index contributed by atoms with van der Waals surface area (Å²) in [4.78, 5) is 3.77. The van der Waals surface area contributed by atoms with E-state index in [1.807, 2.05) is 0 Å². The lowest BCUT2D eigenvalue weighted by Gasteiger charge is -1.88. The minimum absolute atomic E-state index is 0.205. The molecule has 2 rings (SSSR count). The molecule has 5 heteroatoms. The average Bonchev–Trinajstić information content (AvgIpc) is 2.33. The highest BCUT2D eigenvalue weighted by molar-refractivity contribution is 6.28.